The van der Waals surface area contributed by atoms with E-state index in [1.807, 2.05) is 6.07 Å². The van der Waals surface area contributed by atoms with E-state index in [9.17, 15) is 22.3 Å². The van der Waals surface area contributed by atoms with Gasteiger partial charge in [0, 0.05) is 18.6 Å². The Bertz CT molecular complexity index is 1040. The average Bonchev–Trinajstić information content (AvgIpc) is 2.69. The lowest BCUT2D eigenvalue weighted by Crippen LogP contribution is -2.30. The zero-order chi connectivity index (χ0) is 21.4. The zero-order valence-corrected chi connectivity index (χ0v) is 17.8. The van der Waals surface area contributed by atoms with Gasteiger partial charge in [-0.25, -0.2) is 8.42 Å². The summed E-state index contributed by atoms with van der Waals surface area (Å²) in [5.41, 5.74) is 1.86. The minimum Gasteiger partial charge on any atom is -0.480 e. The Morgan fingerprint density at radius 2 is 1.90 bits per heavy atom. The van der Waals surface area contributed by atoms with Crippen molar-refractivity contribution in [2.75, 3.05) is 29.4 Å². The third-order valence-electron chi connectivity index (χ3n) is 4.66. The van der Waals surface area contributed by atoms with Crippen LogP contribution in [0.2, 0.25) is 5.02 Å². The van der Waals surface area contributed by atoms with Crippen LogP contribution in [0.4, 0.5) is 5.69 Å². The van der Waals surface area contributed by atoms with Crippen LogP contribution in [0.3, 0.4) is 0 Å². The number of aliphatic carboxylic acids is 1. The second-order valence-corrected chi connectivity index (χ2v) is 11.3. The summed E-state index contributed by atoms with van der Waals surface area (Å²) < 4.78 is 47.1. The molecule has 8 nitrogen and oxygen atoms in total. The molecule has 1 aliphatic heterocycles. The summed E-state index contributed by atoms with van der Waals surface area (Å²) in [6.45, 7) is -0.0143. The Morgan fingerprint density at radius 3 is 2.59 bits per heavy atom. The maximum absolute atomic E-state index is 11.9. The molecule has 1 aliphatic rings. The van der Waals surface area contributed by atoms with Gasteiger partial charge in [-0.2, -0.15) is 0 Å². The predicted molar refractivity (Wildman–Crippen MR) is 114 cm³/mol. The van der Waals surface area contributed by atoms with Gasteiger partial charge in [-0.3, -0.25) is 18.2 Å². The van der Waals surface area contributed by atoms with Gasteiger partial charge in [0.05, 0.1) is 22.4 Å². The molecule has 2 aromatic rings. The second kappa shape index (κ2) is 8.13. The molecular formula is C18H21ClN2O6S2. The molecule has 0 aromatic heterocycles. The Kier molecular flexibility index (Phi) is 6.13. The molecule has 1 atom stereocenters. The molecule has 29 heavy (non-hydrogen) atoms. The van der Waals surface area contributed by atoms with Crippen molar-refractivity contribution in [3.63, 3.8) is 0 Å². The lowest BCUT2D eigenvalue weighted by Gasteiger charge is -2.41. The first-order valence-corrected chi connectivity index (χ1v) is 12.3. The zero-order valence-electron chi connectivity index (χ0n) is 15.4. The van der Waals surface area contributed by atoms with Gasteiger partial charge in [-0.1, -0.05) is 46.6 Å². The van der Waals surface area contributed by atoms with Gasteiger partial charge in [-0.05, 0) is 29.3 Å². The van der Waals surface area contributed by atoms with Crippen LogP contribution in [0.5, 0.6) is 0 Å². The highest BCUT2D eigenvalue weighted by Gasteiger charge is 2.35. The average molecular weight is 461 g/mol. The van der Waals surface area contributed by atoms with Gasteiger partial charge in [0.1, 0.15) is 5.75 Å². The van der Waals surface area contributed by atoms with Crippen molar-refractivity contribution in [1.82, 2.24) is 5.32 Å². The Labute approximate surface area is 175 Å². The van der Waals surface area contributed by atoms with Crippen LogP contribution < -0.4 is 9.62 Å². The number of nitrogens with one attached hydrogen (secondary N) is 1. The van der Waals surface area contributed by atoms with Crippen molar-refractivity contribution in [2.24, 2.45) is 0 Å². The molecule has 3 rings (SSSR count). The smallest absolute Gasteiger partial charge is 0.318 e. The van der Waals surface area contributed by atoms with Crippen LogP contribution in [-0.2, 0) is 14.6 Å². The normalized spacial score (nSPS) is 19.0. The predicted octanol–water partition coefficient (Wildman–Crippen LogP) is 2.99. The van der Waals surface area contributed by atoms with Gasteiger partial charge in [0.2, 0.25) is 0 Å². The highest BCUT2D eigenvalue weighted by atomic mass is 35.5. The van der Waals surface area contributed by atoms with Crippen LogP contribution in [0, 0.1) is 0 Å². The number of carboxylic acids is 1. The van der Waals surface area contributed by atoms with Crippen LogP contribution >= 0.6 is 22.4 Å². The van der Waals surface area contributed by atoms with E-state index >= 15 is 0 Å². The Balaban J connectivity index is 2.02. The molecule has 0 saturated carbocycles. The minimum absolute atomic E-state index is 0.0143. The number of para-hydroxylation sites is 1. The summed E-state index contributed by atoms with van der Waals surface area (Å²) >= 11 is 6.09. The van der Waals surface area contributed by atoms with Crippen molar-refractivity contribution in [1.29, 1.82) is 0 Å². The SMILES string of the molecule is CN1c2ccccc2C(NCCS(=O)(=O)CC(=O)O)c2ccc(Cl)cc2S1(O)O. The molecule has 2 aromatic carbocycles. The number of nitrogens with zero attached hydrogens (tertiary/aromatic N) is 1. The lowest BCUT2D eigenvalue weighted by atomic mass is 9.97. The number of hydrogen-bond acceptors (Lipinski definition) is 7. The van der Waals surface area contributed by atoms with Crippen molar-refractivity contribution >= 4 is 43.9 Å². The monoisotopic (exact) mass is 460 g/mol. The number of carboxylic acid groups (broad SMARTS) is 1. The summed E-state index contributed by atoms with van der Waals surface area (Å²) in [7, 11) is -5.59. The van der Waals surface area contributed by atoms with Crippen LogP contribution in [0.15, 0.2) is 47.4 Å². The summed E-state index contributed by atoms with van der Waals surface area (Å²) in [4.78, 5) is 11.0. The van der Waals surface area contributed by atoms with Gasteiger partial charge in [0.25, 0.3) is 0 Å². The number of carbonyl (C=O) groups is 1. The van der Waals surface area contributed by atoms with E-state index in [0.29, 0.717) is 16.3 Å². The third kappa shape index (κ3) is 4.52. The quantitative estimate of drug-likeness (QED) is 0.518. The van der Waals surface area contributed by atoms with Crippen LogP contribution in [0.1, 0.15) is 17.2 Å². The summed E-state index contributed by atoms with van der Waals surface area (Å²) in [5, 5.41) is 12.2. The molecule has 0 spiro atoms. The summed E-state index contributed by atoms with van der Waals surface area (Å²) in [6.07, 6.45) is 0. The van der Waals surface area contributed by atoms with E-state index < -0.39 is 38.4 Å². The number of hydrogen-bond donors (Lipinski definition) is 4. The van der Waals surface area contributed by atoms with Gasteiger partial charge < -0.3 is 10.4 Å². The number of halogens is 1. The molecule has 0 fully saturated rings. The first-order valence-electron chi connectivity index (χ1n) is 8.59. The first kappa shape index (κ1) is 21.9. The van der Waals surface area contributed by atoms with E-state index in [-0.39, 0.29) is 17.2 Å². The highest BCUT2D eigenvalue weighted by molar-refractivity contribution is 8.25. The van der Waals surface area contributed by atoms with E-state index in [0.717, 1.165) is 5.56 Å². The molecular weight excluding hydrogens is 440 g/mol. The minimum atomic E-state index is -3.77. The standard InChI is InChI=1S/C18H21ClN2O6S2/c1-21-15-5-3-2-4-13(15)18(20-8-9-28(24,25)11-17(22)23)14-7-6-12(19)10-16(14)29(21,26)27/h2-7,10,18,20,26-27H,8-9,11H2,1H3,(H,22,23). The van der Waals surface area contributed by atoms with Crippen molar-refractivity contribution < 1.29 is 27.4 Å². The maximum atomic E-state index is 11.9. The summed E-state index contributed by atoms with van der Waals surface area (Å²) in [6, 6.07) is 11.4. The van der Waals surface area contributed by atoms with E-state index in [1.54, 1.807) is 37.4 Å². The number of rotatable bonds is 6. The van der Waals surface area contributed by atoms with E-state index in [2.05, 4.69) is 5.32 Å². The topological polar surface area (TPSA) is 127 Å². The first-order chi connectivity index (χ1) is 13.5. The maximum Gasteiger partial charge on any atom is 0.318 e. The highest BCUT2D eigenvalue weighted by Crippen LogP contribution is 2.59. The van der Waals surface area contributed by atoms with Crippen molar-refractivity contribution in [3.8, 4) is 0 Å². The van der Waals surface area contributed by atoms with E-state index in [4.69, 9.17) is 16.7 Å². The Morgan fingerprint density at radius 1 is 1.21 bits per heavy atom. The fourth-order valence-electron chi connectivity index (χ4n) is 3.29. The lowest BCUT2D eigenvalue weighted by molar-refractivity contribution is -0.134. The molecule has 4 N–H and O–H groups in total. The van der Waals surface area contributed by atoms with Crippen molar-refractivity contribution in [2.45, 2.75) is 10.9 Å². The molecule has 1 unspecified atom stereocenters. The van der Waals surface area contributed by atoms with E-state index in [1.165, 1.54) is 10.4 Å². The number of fused-ring (bicyclic) bond motifs is 2. The second-order valence-electron chi connectivity index (χ2n) is 6.63. The fourth-order valence-corrected chi connectivity index (χ4v) is 6.00. The molecule has 0 saturated heterocycles. The fraction of sp³-hybridized carbons (Fsp3) is 0.278. The number of sulfone groups is 1. The van der Waals surface area contributed by atoms with Crippen LogP contribution in [0.25, 0.3) is 0 Å². The molecule has 0 amide bonds. The Hall–Kier alpha value is -1.82. The van der Waals surface area contributed by atoms with Gasteiger partial charge in [-0.15, -0.1) is 0 Å². The van der Waals surface area contributed by atoms with Crippen LogP contribution in [-0.4, -0.2) is 53.7 Å². The largest absolute Gasteiger partial charge is 0.480 e. The molecule has 0 radical (unpaired) electrons. The number of benzene rings is 2. The summed E-state index contributed by atoms with van der Waals surface area (Å²) in [5.74, 6) is -2.71. The molecule has 158 valence electrons. The molecule has 1 heterocycles. The van der Waals surface area contributed by atoms with Crippen molar-refractivity contribution in [3.05, 3.63) is 58.6 Å². The third-order valence-corrected chi connectivity index (χ3v) is 8.31. The van der Waals surface area contributed by atoms with Gasteiger partial charge >= 0.3 is 5.97 Å². The molecule has 0 aliphatic carbocycles. The van der Waals surface area contributed by atoms with Gasteiger partial charge in [0.15, 0.2) is 9.84 Å². The molecule has 0 bridgehead atoms. The number of anilines is 1. The molecule has 11 heteroatoms.